The second kappa shape index (κ2) is 5.57. The molecular weight excluding hydrogens is 319 g/mol. The Balaban J connectivity index is 1.90. The number of nitrogens with zero attached hydrogens (tertiary/aromatic N) is 2. The first-order valence-electron chi connectivity index (χ1n) is 8.46. The van der Waals surface area contributed by atoms with Gasteiger partial charge in [-0.2, -0.15) is 0 Å². The number of hydrogen-bond donors (Lipinski definition) is 0. The number of carbonyl (C=O) groups is 1. The van der Waals surface area contributed by atoms with Gasteiger partial charge in [0.15, 0.2) is 0 Å². The fourth-order valence-corrected chi connectivity index (χ4v) is 2.61. The van der Waals surface area contributed by atoms with Crippen LogP contribution < -0.4 is 5.46 Å². The van der Waals surface area contributed by atoms with Crippen LogP contribution in [-0.4, -0.2) is 39.6 Å². The van der Waals surface area contributed by atoms with Gasteiger partial charge in [-0.1, -0.05) is 0 Å². The number of pyridine rings is 1. The Bertz CT molecular complexity index is 804. The third kappa shape index (κ3) is 3.31. The summed E-state index contributed by atoms with van der Waals surface area (Å²) in [6, 6.07) is 3.77. The lowest BCUT2D eigenvalue weighted by atomic mass is 9.80. The number of rotatable bonds is 1. The van der Waals surface area contributed by atoms with Gasteiger partial charge >= 0.3 is 13.2 Å². The summed E-state index contributed by atoms with van der Waals surface area (Å²) in [5, 5.41) is 0.832. The highest BCUT2D eigenvalue weighted by Gasteiger charge is 2.51. The number of hydrogen-bond acceptors (Lipinski definition) is 5. The van der Waals surface area contributed by atoms with Crippen LogP contribution >= 0.6 is 0 Å². The Morgan fingerprint density at radius 1 is 1.20 bits per heavy atom. The molecule has 1 saturated heterocycles. The second-order valence-electron chi connectivity index (χ2n) is 8.44. The van der Waals surface area contributed by atoms with Gasteiger partial charge in [-0.15, -0.1) is 0 Å². The molecule has 0 atom stereocenters. The molecule has 2 aromatic heterocycles. The molecule has 0 N–H and O–H groups in total. The molecule has 1 fully saturated rings. The third-order valence-corrected chi connectivity index (χ3v) is 4.66. The van der Waals surface area contributed by atoms with Gasteiger partial charge < -0.3 is 14.0 Å². The highest BCUT2D eigenvalue weighted by molar-refractivity contribution is 6.62. The number of fused-ring (bicyclic) bond motifs is 1. The van der Waals surface area contributed by atoms with E-state index in [1.807, 2.05) is 60.6 Å². The highest BCUT2D eigenvalue weighted by atomic mass is 16.7. The van der Waals surface area contributed by atoms with E-state index in [9.17, 15) is 4.79 Å². The van der Waals surface area contributed by atoms with Gasteiger partial charge in [-0.25, -0.2) is 14.3 Å². The monoisotopic (exact) mass is 344 g/mol. The number of ether oxygens (including phenoxy) is 1. The van der Waals surface area contributed by atoms with Gasteiger partial charge in [0, 0.05) is 23.2 Å². The fourth-order valence-electron chi connectivity index (χ4n) is 2.61. The molecule has 1 aliphatic heterocycles. The Kier molecular flexibility index (Phi) is 4.00. The van der Waals surface area contributed by atoms with Crippen LogP contribution in [0.1, 0.15) is 48.5 Å². The Hall–Kier alpha value is -1.86. The zero-order valence-electron chi connectivity index (χ0n) is 15.9. The minimum atomic E-state index is -0.559. The van der Waals surface area contributed by atoms with Crippen LogP contribution in [0.2, 0.25) is 0 Å². The lowest BCUT2D eigenvalue weighted by molar-refractivity contribution is 0.00578. The third-order valence-electron chi connectivity index (χ3n) is 4.66. The average molecular weight is 344 g/mol. The van der Waals surface area contributed by atoms with Crippen LogP contribution in [0.5, 0.6) is 0 Å². The maximum Gasteiger partial charge on any atom is 0.496 e. The smallest absolute Gasteiger partial charge is 0.443 e. The highest BCUT2D eigenvalue weighted by Crippen LogP contribution is 2.36. The van der Waals surface area contributed by atoms with Crippen molar-refractivity contribution in [3.05, 3.63) is 24.5 Å². The maximum absolute atomic E-state index is 12.3. The molecule has 3 rings (SSSR count). The summed E-state index contributed by atoms with van der Waals surface area (Å²) in [7, 11) is -0.480. The molecule has 3 heterocycles. The number of aromatic nitrogens is 2. The summed E-state index contributed by atoms with van der Waals surface area (Å²) >= 11 is 0. The molecule has 0 radical (unpaired) electrons. The predicted octanol–water partition coefficient (Wildman–Crippen LogP) is 3.12. The van der Waals surface area contributed by atoms with Gasteiger partial charge in [-0.3, -0.25) is 0 Å². The van der Waals surface area contributed by atoms with Crippen molar-refractivity contribution in [3.8, 4) is 0 Å². The lowest BCUT2D eigenvalue weighted by Crippen LogP contribution is -2.41. The molecule has 25 heavy (non-hydrogen) atoms. The van der Waals surface area contributed by atoms with Crippen LogP contribution in [0.25, 0.3) is 11.0 Å². The molecule has 2 aromatic rings. The summed E-state index contributed by atoms with van der Waals surface area (Å²) in [5.74, 6) is 0. The summed E-state index contributed by atoms with van der Waals surface area (Å²) in [6.07, 6.45) is 2.91. The molecule has 0 bridgehead atoms. The Morgan fingerprint density at radius 3 is 2.36 bits per heavy atom. The van der Waals surface area contributed by atoms with Crippen molar-refractivity contribution in [1.82, 2.24) is 9.55 Å². The van der Waals surface area contributed by atoms with Crippen molar-refractivity contribution in [1.29, 1.82) is 0 Å². The van der Waals surface area contributed by atoms with E-state index in [0.717, 1.165) is 10.8 Å². The number of carbonyl (C=O) groups excluding carboxylic acids is 1. The normalized spacial score (nSPS) is 19.4. The first-order chi connectivity index (χ1) is 11.4. The van der Waals surface area contributed by atoms with Crippen molar-refractivity contribution in [2.45, 2.75) is 65.3 Å². The molecule has 0 unspecified atom stereocenters. The van der Waals surface area contributed by atoms with Crippen LogP contribution in [0.3, 0.4) is 0 Å². The molecule has 0 saturated carbocycles. The molecule has 0 aliphatic carbocycles. The van der Waals surface area contributed by atoms with Gasteiger partial charge in [0.25, 0.3) is 0 Å². The van der Waals surface area contributed by atoms with Gasteiger partial charge in [0.1, 0.15) is 11.2 Å². The molecule has 0 amide bonds. The van der Waals surface area contributed by atoms with Crippen LogP contribution in [0.4, 0.5) is 4.79 Å². The summed E-state index contributed by atoms with van der Waals surface area (Å²) in [6.45, 7) is 13.5. The van der Waals surface area contributed by atoms with Crippen LogP contribution in [0, 0.1) is 0 Å². The first-order valence-corrected chi connectivity index (χ1v) is 8.46. The molecule has 1 aliphatic rings. The fraction of sp³-hybridized carbons (Fsp3) is 0.556. The SMILES string of the molecule is CC(C)(C)OC(=O)n1ccc2cc(B3OC(C)(C)C(C)(C)O3)cnc21. The first kappa shape index (κ1) is 18.0. The van der Waals surface area contributed by atoms with E-state index in [2.05, 4.69) is 4.98 Å². The van der Waals surface area contributed by atoms with E-state index in [1.54, 1.807) is 12.4 Å². The van der Waals surface area contributed by atoms with E-state index in [4.69, 9.17) is 14.0 Å². The van der Waals surface area contributed by atoms with Crippen molar-refractivity contribution >= 4 is 29.7 Å². The van der Waals surface area contributed by atoms with Gasteiger partial charge in [0.2, 0.25) is 0 Å². The van der Waals surface area contributed by atoms with Crippen molar-refractivity contribution < 1.29 is 18.8 Å². The minimum absolute atomic E-state index is 0.408. The standard InChI is InChI=1S/C18H25BN2O4/c1-16(2,3)23-15(22)21-9-8-12-10-13(11-20-14(12)21)19-24-17(4,5)18(6,7)25-19/h8-11H,1-7H3. The van der Waals surface area contributed by atoms with Crippen molar-refractivity contribution in [2.75, 3.05) is 0 Å². The lowest BCUT2D eigenvalue weighted by Gasteiger charge is -2.32. The van der Waals surface area contributed by atoms with Crippen molar-refractivity contribution in [2.24, 2.45) is 0 Å². The van der Waals surface area contributed by atoms with Gasteiger partial charge in [0.05, 0.1) is 11.2 Å². The quantitative estimate of drug-likeness (QED) is 0.744. The zero-order chi connectivity index (χ0) is 18.6. The maximum atomic E-state index is 12.3. The molecule has 7 heteroatoms. The predicted molar refractivity (Wildman–Crippen MR) is 97.1 cm³/mol. The van der Waals surface area contributed by atoms with E-state index < -0.39 is 30.0 Å². The van der Waals surface area contributed by atoms with E-state index >= 15 is 0 Å². The topological polar surface area (TPSA) is 62.6 Å². The summed E-state index contributed by atoms with van der Waals surface area (Å²) in [5.41, 5.74) is 0.00286. The van der Waals surface area contributed by atoms with E-state index in [1.165, 1.54) is 4.57 Å². The van der Waals surface area contributed by atoms with Gasteiger partial charge in [-0.05, 0) is 60.6 Å². The zero-order valence-corrected chi connectivity index (χ0v) is 15.9. The van der Waals surface area contributed by atoms with Crippen LogP contribution in [0.15, 0.2) is 24.5 Å². The summed E-state index contributed by atoms with van der Waals surface area (Å²) in [4.78, 5) is 16.7. The molecule has 0 spiro atoms. The molecule has 6 nitrogen and oxygen atoms in total. The Morgan fingerprint density at radius 2 is 1.80 bits per heavy atom. The minimum Gasteiger partial charge on any atom is -0.443 e. The largest absolute Gasteiger partial charge is 0.496 e. The second-order valence-corrected chi connectivity index (χ2v) is 8.44. The average Bonchev–Trinajstić information content (AvgIpc) is 2.95. The molecule has 134 valence electrons. The molecule has 0 aromatic carbocycles. The van der Waals surface area contributed by atoms with Crippen LogP contribution in [-0.2, 0) is 14.0 Å². The van der Waals surface area contributed by atoms with Crippen molar-refractivity contribution in [3.63, 3.8) is 0 Å². The van der Waals surface area contributed by atoms with E-state index in [0.29, 0.717) is 5.65 Å². The summed E-state index contributed by atoms with van der Waals surface area (Å²) < 4.78 is 18.9. The van der Waals surface area contributed by atoms with E-state index in [-0.39, 0.29) is 0 Å². The molecular formula is C18H25BN2O4. The Labute approximate surface area is 148 Å².